The molecule has 0 aliphatic carbocycles. The Morgan fingerprint density at radius 2 is 1.92 bits per heavy atom. The summed E-state index contributed by atoms with van der Waals surface area (Å²) in [6.07, 6.45) is 1.69. The number of nitrogens with zero attached hydrogens (tertiary/aromatic N) is 3. The summed E-state index contributed by atoms with van der Waals surface area (Å²) in [5, 5.41) is 9.48. The van der Waals surface area contributed by atoms with Crippen molar-refractivity contribution in [1.29, 1.82) is 0 Å². The standard InChI is InChI=1S/C18H25N3O3/c1-19-9-5-8-16(19)17(22)20-10-11-21(18(23)24)15(13-20)12-14-6-3-2-4-7-14/h2-4,6-7,15-16H,5,8-13H2,1H3,(H,23,24)/t15-,16?/m0/s1. The van der Waals surface area contributed by atoms with E-state index in [0.717, 1.165) is 24.9 Å². The zero-order valence-electron chi connectivity index (χ0n) is 14.1. The Hall–Kier alpha value is -2.08. The predicted molar refractivity (Wildman–Crippen MR) is 90.9 cm³/mol. The average molecular weight is 331 g/mol. The van der Waals surface area contributed by atoms with E-state index in [9.17, 15) is 14.7 Å². The highest BCUT2D eigenvalue weighted by atomic mass is 16.4. The maximum Gasteiger partial charge on any atom is 0.407 e. The summed E-state index contributed by atoms with van der Waals surface area (Å²) in [6.45, 7) is 2.30. The van der Waals surface area contributed by atoms with Crippen LogP contribution in [-0.2, 0) is 11.2 Å². The van der Waals surface area contributed by atoms with E-state index >= 15 is 0 Å². The van der Waals surface area contributed by atoms with E-state index < -0.39 is 6.09 Å². The number of carboxylic acid groups (broad SMARTS) is 1. The van der Waals surface area contributed by atoms with Crippen molar-refractivity contribution in [2.24, 2.45) is 0 Å². The Balaban J connectivity index is 1.71. The van der Waals surface area contributed by atoms with Crippen LogP contribution in [-0.4, -0.2) is 77.1 Å². The molecule has 6 heteroatoms. The van der Waals surface area contributed by atoms with E-state index in [-0.39, 0.29) is 18.0 Å². The van der Waals surface area contributed by atoms with Crippen molar-refractivity contribution in [2.75, 3.05) is 33.2 Å². The molecule has 2 amide bonds. The van der Waals surface area contributed by atoms with Crippen molar-refractivity contribution in [2.45, 2.75) is 31.3 Å². The lowest BCUT2D eigenvalue weighted by Gasteiger charge is -2.41. The maximum atomic E-state index is 12.8. The first kappa shape index (κ1) is 16.8. The first-order chi connectivity index (χ1) is 11.6. The zero-order chi connectivity index (χ0) is 17.1. The number of hydrogen-bond acceptors (Lipinski definition) is 3. The normalized spacial score (nSPS) is 25.0. The van der Waals surface area contributed by atoms with Crippen LogP contribution in [0.5, 0.6) is 0 Å². The molecule has 0 bridgehead atoms. The maximum absolute atomic E-state index is 12.8. The monoisotopic (exact) mass is 331 g/mol. The van der Waals surface area contributed by atoms with Gasteiger partial charge in [-0.15, -0.1) is 0 Å². The number of carbonyl (C=O) groups excluding carboxylic acids is 1. The van der Waals surface area contributed by atoms with Gasteiger partial charge >= 0.3 is 6.09 Å². The lowest BCUT2D eigenvalue weighted by atomic mass is 10.0. The molecule has 0 radical (unpaired) electrons. The molecular weight excluding hydrogens is 306 g/mol. The van der Waals surface area contributed by atoms with Crippen molar-refractivity contribution in [3.63, 3.8) is 0 Å². The molecule has 3 rings (SSSR count). The Bertz CT molecular complexity index is 592. The minimum Gasteiger partial charge on any atom is -0.465 e. The Morgan fingerprint density at radius 1 is 1.17 bits per heavy atom. The molecule has 2 fully saturated rings. The zero-order valence-corrected chi connectivity index (χ0v) is 14.1. The molecule has 2 aliphatic rings. The molecule has 0 aromatic heterocycles. The third-order valence-corrected chi connectivity index (χ3v) is 5.16. The summed E-state index contributed by atoms with van der Waals surface area (Å²) in [4.78, 5) is 29.8. The summed E-state index contributed by atoms with van der Waals surface area (Å²) in [5.41, 5.74) is 1.10. The second-order valence-electron chi connectivity index (χ2n) is 6.74. The lowest BCUT2D eigenvalue weighted by molar-refractivity contribution is -0.138. The van der Waals surface area contributed by atoms with Gasteiger partial charge in [0.1, 0.15) is 0 Å². The molecular formula is C18H25N3O3. The Labute approximate surface area is 142 Å². The number of likely N-dealkylation sites (tertiary alicyclic amines) is 1. The van der Waals surface area contributed by atoms with Crippen LogP contribution in [0.1, 0.15) is 18.4 Å². The number of piperazine rings is 1. The SMILES string of the molecule is CN1CCCC1C(=O)N1CCN(C(=O)O)[C@@H](Cc2ccccc2)C1. The Morgan fingerprint density at radius 3 is 2.54 bits per heavy atom. The third-order valence-electron chi connectivity index (χ3n) is 5.16. The van der Waals surface area contributed by atoms with Crippen molar-refractivity contribution < 1.29 is 14.7 Å². The number of rotatable bonds is 3. The summed E-state index contributed by atoms with van der Waals surface area (Å²) in [5.74, 6) is 0.151. The predicted octanol–water partition coefficient (Wildman–Crippen LogP) is 1.51. The van der Waals surface area contributed by atoms with Gasteiger partial charge in [0.15, 0.2) is 0 Å². The smallest absolute Gasteiger partial charge is 0.407 e. The van der Waals surface area contributed by atoms with Crippen molar-refractivity contribution in [3.05, 3.63) is 35.9 Å². The van der Waals surface area contributed by atoms with Gasteiger partial charge in [-0.1, -0.05) is 30.3 Å². The van der Waals surface area contributed by atoms with E-state index in [0.29, 0.717) is 26.1 Å². The van der Waals surface area contributed by atoms with Crippen molar-refractivity contribution in [1.82, 2.24) is 14.7 Å². The number of amides is 2. The average Bonchev–Trinajstić information content (AvgIpc) is 3.01. The van der Waals surface area contributed by atoms with E-state index in [4.69, 9.17) is 0 Å². The van der Waals surface area contributed by atoms with Crippen LogP contribution < -0.4 is 0 Å². The molecule has 0 spiro atoms. The van der Waals surface area contributed by atoms with E-state index in [1.54, 1.807) is 0 Å². The molecule has 6 nitrogen and oxygen atoms in total. The van der Waals surface area contributed by atoms with E-state index in [1.165, 1.54) is 4.90 Å². The molecule has 0 saturated carbocycles. The van der Waals surface area contributed by atoms with Crippen molar-refractivity contribution in [3.8, 4) is 0 Å². The van der Waals surface area contributed by atoms with Gasteiger partial charge in [-0.05, 0) is 38.4 Å². The molecule has 2 heterocycles. The Kier molecular flexibility index (Phi) is 5.04. The number of carbonyl (C=O) groups is 2. The fourth-order valence-electron chi connectivity index (χ4n) is 3.80. The third kappa shape index (κ3) is 3.53. The molecule has 1 unspecified atom stereocenters. The molecule has 1 aromatic carbocycles. The highest BCUT2D eigenvalue weighted by Crippen LogP contribution is 2.21. The van der Waals surface area contributed by atoms with Crippen LogP contribution >= 0.6 is 0 Å². The molecule has 1 N–H and O–H groups in total. The molecule has 130 valence electrons. The first-order valence-electron chi connectivity index (χ1n) is 8.59. The quantitative estimate of drug-likeness (QED) is 0.912. The van der Waals surface area contributed by atoms with Crippen LogP contribution in [0.15, 0.2) is 30.3 Å². The fraction of sp³-hybridized carbons (Fsp3) is 0.556. The summed E-state index contributed by atoms with van der Waals surface area (Å²) >= 11 is 0. The van der Waals surface area contributed by atoms with Crippen LogP contribution in [0.3, 0.4) is 0 Å². The first-order valence-corrected chi connectivity index (χ1v) is 8.59. The number of likely N-dealkylation sites (N-methyl/N-ethyl adjacent to an activating group) is 1. The van der Waals surface area contributed by atoms with Gasteiger partial charge in [-0.25, -0.2) is 4.79 Å². The topological polar surface area (TPSA) is 64.1 Å². The molecule has 1 aromatic rings. The van der Waals surface area contributed by atoms with Gasteiger partial charge in [-0.3, -0.25) is 9.69 Å². The van der Waals surface area contributed by atoms with Gasteiger partial charge in [0.2, 0.25) is 5.91 Å². The summed E-state index contributed by atoms with van der Waals surface area (Å²) in [7, 11) is 1.99. The minimum absolute atomic E-state index is 0.0428. The van der Waals surface area contributed by atoms with Crippen LogP contribution in [0.25, 0.3) is 0 Å². The van der Waals surface area contributed by atoms with Crippen LogP contribution in [0.2, 0.25) is 0 Å². The largest absolute Gasteiger partial charge is 0.465 e. The molecule has 2 aliphatic heterocycles. The lowest BCUT2D eigenvalue weighted by Crippen LogP contribution is -2.59. The molecule has 2 saturated heterocycles. The fourth-order valence-corrected chi connectivity index (χ4v) is 3.80. The number of benzene rings is 1. The van der Waals surface area contributed by atoms with E-state index in [2.05, 4.69) is 4.90 Å². The molecule has 24 heavy (non-hydrogen) atoms. The van der Waals surface area contributed by atoms with Crippen molar-refractivity contribution >= 4 is 12.0 Å². The van der Waals surface area contributed by atoms with E-state index in [1.807, 2.05) is 42.3 Å². The van der Waals surface area contributed by atoms with Crippen LogP contribution in [0, 0.1) is 0 Å². The van der Waals surface area contributed by atoms with Crippen LogP contribution in [0.4, 0.5) is 4.79 Å². The summed E-state index contributed by atoms with van der Waals surface area (Å²) in [6, 6.07) is 9.65. The second-order valence-corrected chi connectivity index (χ2v) is 6.74. The van der Waals surface area contributed by atoms with Gasteiger partial charge in [0, 0.05) is 19.6 Å². The highest BCUT2D eigenvalue weighted by molar-refractivity contribution is 5.82. The summed E-state index contributed by atoms with van der Waals surface area (Å²) < 4.78 is 0. The van der Waals surface area contributed by atoms with Gasteiger partial charge in [0.05, 0.1) is 12.1 Å². The molecule has 2 atom stereocenters. The van der Waals surface area contributed by atoms with Gasteiger partial charge < -0.3 is 14.9 Å². The van der Waals surface area contributed by atoms with Gasteiger partial charge in [-0.2, -0.15) is 0 Å². The number of hydrogen-bond donors (Lipinski definition) is 1. The minimum atomic E-state index is -0.902. The van der Waals surface area contributed by atoms with Gasteiger partial charge in [0.25, 0.3) is 0 Å². The second kappa shape index (κ2) is 7.21. The highest BCUT2D eigenvalue weighted by Gasteiger charge is 2.37.